The van der Waals surface area contributed by atoms with Crippen molar-refractivity contribution in [3.63, 3.8) is 0 Å². The van der Waals surface area contributed by atoms with Crippen LogP contribution in [0.25, 0.3) is 10.8 Å². The van der Waals surface area contributed by atoms with Crippen LogP contribution >= 0.6 is 15.9 Å². The van der Waals surface area contributed by atoms with Gasteiger partial charge in [0, 0.05) is 18.9 Å². The van der Waals surface area contributed by atoms with E-state index in [9.17, 15) is 0 Å². The second-order valence-electron chi connectivity index (χ2n) is 4.22. The molecular weight excluding hydrogens is 302 g/mol. The number of benzene rings is 2. The summed E-state index contributed by atoms with van der Waals surface area (Å²) in [6.45, 7) is 0.711. The molecule has 3 nitrogen and oxygen atoms in total. The monoisotopic (exact) mass is 313 g/mol. The molecule has 2 aromatic carbocycles. The largest absolute Gasteiger partial charge is 0.350 e. The molecule has 0 spiro atoms. The van der Waals surface area contributed by atoms with Crippen molar-refractivity contribution < 1.29 is 0 Å². The van der Waals surface area contributed by atoms with Crippen LogP contribution in [-0.2, 0) is 6.54 Å². The molecule has 0 saturated heterocycles. The van der Waals surface area contributed by atoms with Gasteiger partial charge >= 0.3 is 0 Å². The van der Waals surface area contributed by atoms with Gasteiger partial charge < -0.3 is 5.32 Å². The Balaban J connectivity index is 1.84. The Hall–Kier alpha value is -1.94. The zero-order valence-electron chi connectivity index (χ0n) is 10.2. The lowest BCUT2D eigenvalue weighted by Crippen LogP contribution is -2.03. The highest BCUT2D eigenvalue weighted by atomic mass is 79.9. The summed E-state index contributed by atoms with van der Waals surface area (Å²) in [5.74, 6) is 0.635. The smallest absolute Gasteiger partial charge is 0.222 e. The number of nitrogens with one attached hydrogen (secondary N) is 1. The summed E-state index contributed by atoms with van der Waals surface area (Å²) < 4.78 is 0.878. The Labute approximate surface area is 119 Å². The predicted octanol–water partition coefficient (Wildman–Crippen LogP) is 4.00. The summed E-state index contributed by atoms with van der Waals surface area (Å²) >= 11 is 3.32. The lowest BCUT2D eigenvalue weighted by Gasteiger charge is -2.08. The highest BCUT2D eigenvalue weighted by molar-refractivity contribution is 9.10. The molecule has 0 radical (unpaired) electrons. The molecule has 0 aliphatic rings. The Bertz CT molecular complexity index is 690. The highest BCUT2D eigenvalue weighted by Crippen LogP contribution is 2.19. The fourth-order valence-corrected chi connectivity index (χ4v) is 2.23. The number of anilines is 1. The molecule has 1 heterocycles. The summed E-state index contributed by atoms with van der Waals surface area (Å²) in [7, 11) is 0. The van der Waals surface area contributed by atoms with Crippen molar-refractivity contribution in [2.24, 2.45) is 0 Å². The van der Waals surface area contributed by atoms with E-state index in [-0.39, 0.29) is 0 Å². The fraction of sp³-hybridized carbons (Fsp3) is 0.0667. The van der Waals surface area contributed by atoms with Crippen molar-refractivity contribution in [2.75, 3.05) is 5.32 Å². The molecule has 1 aromatic heterocycles. The number of nitrogens with zero attached hydrogens (tertiary/aromatic N) is 2. The molecule has 3 rings (SSSR count). The highest BCUT2D eigenvalue weighted by Gasteiger charge is 2.01. The standard InChI is InChI=1S/C15H12BrN3/c16-13-9-18-15(19-10-13)17-8-12-6-3-5-11-4-1-2-7-14(11)12/h1-7,9-10H,8H2,(H,17,18,19). The maximum Gasteiger partial charge on any atom is 0.222 e. The van der Waals surface area contributed by atoms with Crippen LogP contribution in [0.5, 0.6) is 0 Å². The maximum atomic E-state index is 4.20. The van der Waals surface area contributed by atoms with Crippen LogP contribution in [0.2, 0.25) is 0 Å². The van der Waals surface area contributed by atoms with Crippen LogP contribution in [0.1, 0.15) is 5.56 Å². The molecule has 0 unspecified atom stereocenters. The lowest BCUT2D eigenvalue weighted by atomic mass is 10.0. The number of hydrogen-bond donors (Lipinski definition) is 1. The fourth-order valence-electron chi connectivity index (χ4n) is 2.02. The first-order chi connectivity index (χ1) is 9.33. The van der Waals surface area contributed by atoms with E-state index in [0.29, 0.717) is 12.5 Å². The summed E-state index contributed by atoms with van der Waals surface area (Å²) in [6.07, 6.45) is 3.47. The van der Waals surface area contributed by atoms with Gasteiger partial charge in [-0.3, -0.25) is 0 Å². The molecule has 19 heavy (non-hydrogen) atoms. The van der Waals surface area contributed by atoms with Gasteiger partial charge in [-0.1, -0.05) is 42.5 Å². The molecule has 0 amide bonds. The molecule has 1 N–H and O–H groups in total. The van der Waals surface area contributed by atoms with Gasteiger partial charge in [0.25, 0.3) is 0 Å². The minimum absolute atomic E-state index is 0.635. The summed E-state index contributed by atoms with van der Waals surface area (Å²) in [6, 6.07) is 14.7. The van der Waals surface area contributed by atoms with Crippen LogP contribution in [0.3, 0.4) is 0 Å². The SMILES string of the molecule is Brc1cnc(NCc2cccc3ccccc23)nc1. The molecular formula is C15H12BrN3. The molecule has 0 saturated carbocycles. The summed E-state index contributed by atoms with van der Waals surface area (Å²) in [5.41, 5.74) is 1.24. The molecule has 0 aliphatic heterocycles. The average Bonchev–Trinajstić information content (AvgIpc) is 2.47. The molecule has 0 fully saturated rings. The third-order valence-electron chi connectivity index (χ3n) is 2.94. The van der Waals surface area contributed by atoms with Crippen molar-refractivity contribution in [3.8, 4) is 0 Å². The van der Waals surface area contributed by atoms with Crippen molar-refractivity contribution in [1.29, 1.82) is 0 Å². The average molecular weight is 314 g/mol. The number of hydrogen-bond acceptors (Lipinski definition) is 3. The van der Waals surface area contributed by atoms with Crippen LogP contribution in [0.15, 0.2) is 59.3 Å². The maximum absolute atomic E-state index is 4.20. The van der Waals surface area contributed by atoms with E-state index >= 15 is 0 Å². The van der Waals surface area contributed by atoms with E-state index in [4.69, 9.17) is 0 Å². The first-order valence-electron chi connectivity index (χ1n) is 6.01. The van der Waals surface area contributed by atoms with Crippen molar-refractivity contribution in [3.05, 3.63) is 64.9 Å². The van der Waals surface area contributed by atoms with Crippen LogP contribution in [-0.4, -0.2) is 9.97 Å². The van der Waals surface area contributed by atoms with E-state index in [1.807, 2.05) is 0 Å². The van der Waals surface area contributed by atoms with Crippen LogP contribution in [0.4, 0.5) is 5.95 Å². The molecule has 94 valence electrons. The molecule has 0 bridgehead atoms. The number of halogens is 1. The lowest BCUT2D eigenvalue weighted by molar-refractivity contribution is 1.06. The molecule has 0 atom stereocenters. The van der Waals surface area contributed by atoms with E-state index in [1.165, 1.54) is 16.3 Å². The predicted molar refractivity (Wildman–Crippen MR) is 81.0 cm³/mol. The van der Waals surface area contributed by atoms with Gasteiger partial charge in [0.1, 0.15) is 0 Å². The number of rotatable bonds is 3. The van der Waals surface area contributed by atoms with Gasteiger partial charge in [-0.15, -0.1) is 0 Å². The Kier molecular flexibility index (Phi) is 3.42. The third kappa shape index (κ3) is 2.74. The zero-order valence-corrected chi connectivity index (χ0v) is 11.8. The first-order valence-corrected chi connectivity index (χ1v) is 6.80. The second kappa shape index (κ2) is 5.36. The van der Waals surface area contributed by atoms with Crippen molar-refractivity contribution in [1.82, 2.24) is 9.97 Å². The van der Waals surface area contributed by atoms with Crippen LogP contribution < -0.4 is 5.32 Å². The molecule has 0 aliphatic carbocycles. The van der Waals surface area contributed by atoms with Crippen molar-refractivity contribution >= 4 is 32.7 Å². The molecule has 3 aromatic rings. The Morgan fingerprint density at radius 2 is 1.68 bits per heavy atom. The Morgan fingerprint density at radius 3 is 2.53 bits per heavy atom. The van der Waals surface area contributed by atoms with E-state index in [2.05, 4.69) is 73.7 Å². The Morgan fingerprint density at radius 1 is 0.947 bits per heavy atom. The second-order valence-corrected chi connectivity index (χ2v) is 5.13. The first kappa shape index (κ1) is 12.1. The summed E-state index contributed by atoms with van der Waals surface area (Å²) in [5, 5.41) is 5.74. The minimum atomic E-state index is 0.635. The normalized spacial score (nSPS) is 10.6. The van der Waals surface area contributed by atoms with Gasteiger partial charge in [0.15, 0.2) is 0 Å². The van der Waals surface area contributed by atoms with E-state index < -0.39 is 0 Å². The third-order valence-corrected chi connectivity index (χ3v) is 3.35. The summed E-state index contributed by atoms with van der Waals surface area (Å²) in [4.78, 5) is 8.41. The van der Waals surface area contributed by atoms with Gasteiger partial charge in [-0.2, -0.15) is 0 Å². The molecule has 4 heteroatoms. The zero-order chi connectivity index (χ0) is 13.1. The number of fused-ring (bicyclic) bond motifs is 1. The van der Waals surface area contributed by atoms with E-state index in [0.717, 1.165) is 4.47 Å². The van der Waals surface area contributed by atoms with Gasteiger partial charge in [-0.25, -0.2) is 9.97 Å². The van der Waals surface area contributed by atoms with E-state index in [1.54, 1.807) is 12.4 Å². The van der Waals surface area contributed by atoms with Gasteiger partial charge in [0.2, 0.25) is 5.95 Å². The van der Waals surface area contributed by atoms with Crippen LogP contribution in [0, 0.1) is 0 Å². The van der Waals surface area contributed by atoms with Gasteiger partial charge in [-0.05, 0) is 32.3 Å². The quantitative estimate of drug-likeness (QED) is 0.794. The topological polar surface area (TPSA) is 37.8 Å². The minimum Gasteiger partial charge on any atom is -0.350 e. The van der Waals surface area contributed by atoms with Crippen molar-refractivity contribution in [2.45, 2.75) is 6.54 Å². The van der Waals surface area contributed by atoms with Gasteiger partial charge in [0.05, 0.1) is 4.47 Å². The number of aromatic nitrogens is 2.